The summed E-state index contributed by atoms with van der Waals surface area (Å²) < 4.78 is 0. The van der Waals surface area contributed by atoms with Gasteiger partial charge in [0.2, 0.25) is 5.91 Å². The fourth-order valence-electron chi connectivity index (χ4n) is 1.92. The smallest absolute Gasteiger partial charge is 0.227 e. The van der Waals surface area contributed by atoms with Gasteiger partial charge in [-0.1, -0.05) is 20.8 Å². The number of carbonyl (C=O) groups excluding carboxylic acids is 1. The molecule has 3 heteroatoms. The second kappa shape index (κ2) is 4.30. The molecule has 0 aromatic heterocycles. The van der Waals surface area contributed by atoms with Gasteiger partial charge in [0.25, 0.3) is 0 Å². The molecule has 0 unspecified atom stereocenters. The second-order valence-electron chi connectivity index (χ2n) is 5.25. The van der Waals surface area contributed by atoms with Crippen molar-refractivity contribution in [1.29, 1.82) is 0 Å². The number of hydrogen-bond donors (Lipinski definition) is 1. The Morgan fingerprint density at radius 2 is 2.14 bits per heavy atom. The lowest BCUT2D eigenvalue weighted by Crippen LogP contribution is -2.46. The van der Waals surface area contributed by atoms with Crippen molar-refractivity contribution < 1.29 is 4.79 Å². The molecule has 0 spiro atoms. The fraction of sp³-hybridized carbons (Fsp3) is 0.909. The quantitative estimate of drug-likeness (QED) is 0.689. The summed E-state index contributed by atoms with van der Waals surface area (Å²) in [6.45, 7) is 8.39. The molecule has 2 N–H and O–H groups in total. The van der Waals surface area contributed by atoms with Gasteiger partial charge in [-0.3, -0.25) is 4.79 Å². The van der Waals surface area contributed by atoms with Gasteiger partial charge in [-0.15, -0.1) is 0 Å². The summed E-state index contributed by atoms with van der Waals surface area (Å²) in [5.41, 5.74) is 5.38. The maximum Gasteiger partial charge on any atom is 0.227 e. The maximum atomic E-state index is 12.0. The number of rotatable bonds is 1. The standard InChI is InChI=1S/C11H22N2O/c1-11(2,3)10(14)13-6-4-5-9(7-12)8-13/h9H,4-8,12H2,1-3H3/t9-/m0/s1. The monoisotopic (exact) mass is 198 g/mol. The van der Waals surface area contributed by atoms with E-state index in [0.29, 0.717) is 12.5 Å². The minimum atomic E-state index is -0.253. The molecule has 82 valence electrons. The first-order valence-electron chi connectivity index (χ1n) is 5.44. The van der Waals surface area contributed by atoms with Gasteiger partial charge in [-0.2, -0.15) is 0 Å². The largest absolute Gasteiger partial charge is 0.342 e. The molecule has 0 bridgehead atoms. The summed E-state index contributed by atoms with van der Waals surface area (Å²) in [6.07, 6.45) is 2.27. The van der Waals surface area contributed by atoms with Gasteiger partial charge in [0.1, 0.15) is 0 Å². The Hall–Kier alpha value is -0.570. The normalized spacial score (nSPS) is 23.7. The van der Waals surface area contributed by atoms with E-state index in [1.807, 2.05) is 25.7 Å². The molecule has 1 saturated heterocycles. The SMILES string of the molecule is CC(C)(C)C(=O)N1CCC[C@@H](CN)C1. The molecule has 1 aliphatic rings. The minimum Gasteiger partial charge on any atom is -0.342 e. The van der Waals surface area contributed by atoms with Gasteiger partial charge >= 0.3 is 0 Å². The summed E-state index contributed by atoms with van der Waals surface area (Å²) in [5, 5.41) is 0. The zero-order valence-electron chi connectivity index (χ0n) is 9.55. The molecule has 1 heterocycles. The van der Waals surface area contributed by atoms with Crippen LogP contribution in [-0.4, -0.2) is 30.4 Å². The number of amides is 1. The number of nitrogens with zero attached hydrogens (tertiary/aromatic N) is 1. The number of carbonyl (C=O) groups is 1. The van der Waals surface area contributed by atoms with E-state index >= 15 is 0 Å². The first-order chi connectivity index (χ1) is 6.45. The molecule has 3 nitrogen and oxygen atoms in total. The maximum absolute atomic E-state index is 12.0. The Balaban J connectivity index is 2.56. The van der Waals surface area contributed by atoms with Crippen LogP contribution in [0.3, 0.4) is 0 Å². The lowest BCUT2D eigenvalue weighted by molar-refractivity contribution is -0.141. The van der Waals surface area contributed by atoms with Gasteiger partial charge < -0.3 is 10.6 Å². The van der Waals surface area contributed by atoms with Crippen LogP contribution in [0.15, 0.2) is 0 Å². The zero-order chi connectivity index (χ0) is 10.8. The van der Waals surface area contributed by atoms with Crippen molar-refractivity contribution in [3.8, 4) is 0 Å². The molecule has 1 atom stereocenters. The highest BCUT2D eigenvalue weighted by Gasteiger charge is 2.30. The summed E-state index contributed by atoms with van der Waals surface area (Å²) in [5.74, 6) is 0.769. The summed E-state index contributed by atoms with van der Waals surface area (Å²) in [7, 11) is 0. The fourth-order valence-corrected chi connectivity index (χ4v) is 1.92. The van der Waals surface area contributed by atoms with E-state index in [0.717, 1.165) is 19.5 Å². The highest BCUT2D eigenvalue weighted by atomic mass is 16.2. The van der Waals surface area contributed by atoms with Gasteiger partial charge in [-0.25, -0.2) is 0 Å². The van der Waals surface area contributed by atoms with Crippen LogP contribution in [0.4, 0.5) is 0 Å². The third-order valence-electron chi connectivity index (χ3n) is 2.78. The number of piperidine rings is 1. The third kappa shape index (κ3) is 2.71. The number of hydrogen-bond acceptors (Lipinski definition) is 2. The highest BCUT2D eigenvalue weighted by molar-refractivity contribution is 5.81. The van der Waals surface area contributed by atoms with Crippen LogP contribution in [-0.2, 0) is 4.79 Å². The average molecular weight is 198 g/mol. The van der Waals surface area contributed by atoms with Crippen LogP contribution in [0, 0.1) is 11.3 Å². The molecule has 1 amide bonds. The van der Waals surface area contributed by atoms with E-state index in [-0.39, 0.29) is 11.3 Å². The van der Waals surface area contributed by atoms with Crippen molar-refractivity contribution in [2.24, 2.45) is 17.1 Å². The lowest BCUT2D eigenvalue weighted by atomic mass is 9.91. The van der Waals surface area contributed by atoms with Crippen LogP contribution in [0.1, 0.15) is 33.6 Å². The summed E-state index contributed by atoms with van der Waals surface area (Å²) in [6, 6.07) is 0. The average Bonchev–Trinajstić information content (AvgIpc) is 2.15. The third-order valence-corrected chi connectivity index (χ3v) is 2.78. The minimum absolute atomic E-state index is 0.253. The zero-order valence-corrected chi connectivity index (χ0v) is 9.55. The van der Waals surface area contributed by atoms with Crippen LogP contribution in [0.2, 0.25) is 0 Å². The van der Waals surface area contributed by atoms with Gasteiger partial charge in [0, 0.05) is 18.5 Å². The van der Waals surface area contributed by atoms with Crippen molar-refractivity contribution in [3.05, 3.63) is 0 Å². The topological polar surface area (TPSA) is 46.3 Å². The Morgan fingerprint density at radius 3 is 2.64 bits per heavy atom. The van der Waals surface area contributed by atoms with Crippen LogP contribution < -0.4 is 5.73 Å². The Morgan fingerprint density at radius 1 is 1.50 bits per heavy atom. The van der Waals surface area contributed by atoms with E-state index in [4.69, 9.17) is 5.73 Å². The van der Waals surface area contributed by atoms with Crippen LogP contribution in [0.25, 0.3) is 0 Å². The number of likely N-dealkylation sites (tertiary alicyclic amines) is 1. The Bertz CT molecular complexity index is 208. The van der Waals surface area contributed by atoms with Gasteiger partial charge in [0.15, 0.2) is 0 Å². The molecule has 0 radical (unpaired) electrons. The van der Waals surface area contributed by atoms with Crippen molar-refractivity contribution in [1.82, 2.24) is 4.90 Å². The molecule has 0 aliphatic carbocycles. The van der Waals surface area contributed by atoms with E-state index in [9.17, 15) is 4.79 Å². The molecule has 1 fully saturated rings. The van der Waals surface area contributed by atoms with Crippen molar-refractivity contribution in [2.75, 3.05) is 19.6 Å². The van der Waals surface area contributed by atoms with Crippen molar-refractivity contribution in [2.45, 2.75) is 33.6 Å². The van der Waals surface area contributed by atoms with Crippen LogP contribution in [0.5, 0.6) is 0 Å². The van der Waals surface area contributed by atoms with Crippen molar-refractivity contribution >= 4 is 5.91 Å². The molecular weight excluding hydrogens is 176 g/mol. The molecule has 0 aromatic carbocycles. The summed E-state index contributed by atoms with van der Waals surface area (Å²) in [4.78, 5) is 13.9. The van der Waals surface area contributed by atoms with Gasteiger partial charge in [-0.05, 0) is 25.3 Å². The second-order valence-corrected chi connectivity index (χ2v) is 5.25. The predicted molar refractivity (Wildman–Crippen MR) is 57.8 cm³/mol. The van der Waals surface area contributed by atoms with Gasteiger partial charge in [0.05, 0.1) is 0 Å². The first-order valence-corrected chi connectivity index (χ1v) is 5.44. The molecular formula is C11H22N2O. The first kappa shape index (κ1) is 11.5. The molecule has 14 heavy (non-hydrogen) atoms. The van der Waals surface area contributed by atoms with E-state index in [1.54, 1.807) is 0 Å². The Labute approximate surface area is 86.6 Å². The lowest BCUT2D eigenvalue weighted by Gasteiger charge is -2.36. The van der Waals surface area contributed by atoms with E-state index in [2.05, 4.69) is 0 Å². The summed E-state index contributed by atoms with van der Waals surface area (Å²) >= 11 is 0. The molecule has 0 aromatic rings. The molecule has 1 rings (SSSR count). The van der Waals surface area contributed by atoms with E-state index in [1.165, 1.54) is 6.42 Å². The van der Waals surface area contributed by atoms with Crippen molar-refractivity contribution in [3.63, 3.8) is 0 Å². The number of nitrogens with two attached hydrogens (primary N) is 1. The highest BCUT2D eigenvalue weighted by Crippen LogP contribution is 2.22. The molecule has 0 saturated carbocycles. The van der Waals surface area contributed by atoms with E-state index < -0.39 is 0 Å². The van der Waals surface area contributed by atoms with Crippen LogP contribution >= 0.6 is 0 Å². The molecule has 1 aliphatic heterocycles. The Kier molecular flexibility index (Phi) is 3.53. The predicted octanol–water partition coefficient (Wildman–Crippen LogP) is 1.23.